The van der Waals surface area contributed by atoms with Crippen LogP contribution >= 0.6 is 0 Å². The molecule has 0 nitrogen and oxygen atoms in total. The van der Waals surface area contributed by atoms with Gasteiger partial charge in [0.15, 0.2) is 0 Å². The largest absolute Gasteiger partial charge is 0.0622 e. The molecule has 0 fully saturated rings. The summed E-state index contributed by atoms with van der Waals surface area (Å²) in [6.07, 6.45) is 0. The first-order chi connectivity index (χ1) is 24.1. The third kappa shape index (κ3) is 4.00. The van der Waals surface area contributed by atoms with Crippen LogP contribution in [0.1, 0.15) is 52.7 Å². The number of rotatable bonds is 2. The lowest BCUT2D eigenvalue weighted by Gasteiger charge is -2.25. The Hall–Kier alpha value is -5.46. The number of fused-ring (bicyclic) bond motifs is 6. The highest BCUT2D eigenvalue weighted by Crippen LogP contribution is 2.59. The zero-order chi connectivity index (χ0) is 34.1. The molecular formula is C50H40. The van der Waals surface area contributed by atoms with Gasteiger partial charge < -0.3 is 0 Å². The third-order valence-electron chi connectivity index (χ3n) is 11.4. The lowest BCUT2D eigenvalue weighted by atomic mass is 9.79. The van der Waals surface area contributed by atoms with Crippen molar-refractivity contribution in [2.75, 3.05) is 0 Å². The van der Waals surface area contributed by atoms with Crippen LogP contribution in [0.2, 0.25) is 0 Å². The molecule has 9 aromatic carbocycles. The number of hydrogen-bond donors (Lipinski definition) is 0. The van der Waals surface area contributed by atoms with E-state index in [1.165, 1.54) is 109 Å². The summed E-state index contributed by atoms with van der Waals surface area (Å²) in [5.41, 5.74) is 13.4. The molecule has 0 saturated carbocycles. The molecule has 50 heavy (non-hydrogen) atoms. The Kier molecular flexibility index (Phi) is 5.92. The lowest BCUT2D eigenvalue weighted by Crippen LogP contribution is -2.12. The summed E-state index contributed by atoms with van der Waals surface area (Å²) in [5, 5.41) is 13.6. The van der Waals surface area contributed by atoms with Crippen LogP contribution in [0.15, 0.2) is 133 Å². The number of hydrogen-bond acceptors (Lipinski definition) is 0. The van der Waals surface area contributed by atoms with Crippen LogP contribution in [-0.2, 0) is 10.8 Å². The second kappa shape index (κ2) is 10.1. The highest BCUT2D eigenvalue weighted by Gasteiger charge is 2.32. The minimum atomic E-state index is 0.0310. The van der Waals surface area contributed by atoms with Crippen LogP contribution < -0.4 is 0 Å². The Morgan fingerprint density at radius 1 is 0.320 bits per heavy atom. The molecule has 0 heteroatoms. The second-order valence-corrected chi connectivity index (χ2v) is 16.5. The quantitative estimate of drug-likeness (QED) is 0.130. The maximum absolute atomic E-state index is 2.50. The van der Waals surface area contributed by atoms with Gasteiger partial charge in [-0.15, -0.1) is 0 Å². The van der Waals surface area contributed by atoms with Crippen LogP contribution in [0.25, 0.3) is 98.4 Å². The smallest absolute Gasteiger partial charge is 0.000740 e. The van der Waals surface area contributed by atoms with Gasteiger partial charge in [0, 0.05) is 0 Å². The van der Waals surface area contributed by atoms with Gasteiger partial charge in [0.05, 0.1) is 0 Å². The topological polar surface area (TPSA) is 0 Å². The van der Waals surface area contributed by atoms with Gasteiger partial charge in [-0.1, -0.05) is 163 Å². The molecule has 0 saturated heterocycles. The third-order valence-corrected chi connectivity index (χ3v) is 11.4. The van der Waals surface area contributed by atoms with Crippen molar-refractivity contribution in [1.82, 2.24) is 0 Å². The molecule has 0 heterocycles. The minimum Gasteiger partial charge on any atom is -0.0622 e. The van der Waals surface area contributed by atoms with Crippen molar-refractivity contribution < 1.29 is 0 Å². The predicted octanol–water partition coefficient (Wildman–Crippen LogP) is 14.5. The molecule has 1 aliphatic carbocycles. The average Bonchev–Trinajstić information content (AvgIpc) is 3.45. The van der Waals surface area contributed by atoms with E-state index in [-0.39, 0.29) is 10.8 Å². The summed E-state index contributed by atoms with van der Waals surface area (Å²) in [6.45, 7) is 14.1. The molecule has 9 aromatic rings. The van der Waals surface area contributed by atoms with E-state index in [4.69, 9.17) is 0 Å². The van der Waals surface area contributed by atoms with Gasteiger partial charge in [-0.25, -0.2) is 0 Å². The van der Waals surface area contributed by atoms with Crippen molar-refractivity contribution in [2.45, 2.75) is 52.4 Å². The van der Waals surface area contributed by atoms with Crippen LogP contribution in [-0.4, -0.2) is 0 Å². The monoisotopic (exact) mass is 640 g/mol. The van der Waals surface area contributed by atoms with E-state index in [1.807, 2.05) is 0 Å². The van der Waals surface area contributed by atoms with Gasteiger partial charge in [-0.05, 0) is 132 Å². The fourth-order valence-corrected chi connectivity index (χ4v) is 8.95. The fourth-order valence-electron chi connectivity index (χ4n) is 8.95. The van der Waals surface area contributed by atoms with E-state index in [1.54, 1.807) is 0 Å². The summed E-state index contributed by atoms with van der Waals surface area (Å²) >= 11 is 0. The molecule has 0 radical (unpaired) electrons. The Morgan fingerprint density at radius 3 is 1.16 bits per heavy atom. The zero-order valence-electron chi connectivity index (χ0n) is 29.7. The number of benzene rings is 9. The first-order valence-corrected chi connectivity index (χ1v) is 18.0. The minimum absolute atomic E-state index is 0.0310. The zero-order valence-corrected chi connectivity index (χ0v) is 29.7. The van der Waals surface area contributed by atoms with E-state index < -0.39 is 0 Å². The first kappa shape index (κ1) is 29.5. The molecular weight excluding hydrogens is 601 g/mol. The van der Waals surface area contributed by atoms with Crippen molar-refractivity contribution in [3.63, 3.8) is 0 Å². The molecule has 0 unspecified atom stereocenters. The summed E-state index contributed by atoms with van der Waals surface area (Å²) in [4.78, 5) is 0. The van der Waals surface area contributed by atoms with Crippen molar-refractivity contribution >= 4 is 53.9 Å². The van der Waals surface area contributed by atoms with Crippen molar-refractivity contribution in [3.8, 4) is 44.5 Å². The van der Waals surface area contributed by atoms with Gasteiger partial charge in [0.1, 0.15) is 0 Å². The Morgan fingerprint density at radius 2 is 0.740 bits per heavy atom. The van der Waals surface area contributed by atoms with E-state index in [9.17, 15) is 0 Å². The van der Waals surface area contributed by atoms with E-state index >= 15 is 0 Å². The van der Waals surface area contributed by atoms with Crippen LogP contribution in [0.4, 0.5) is 0 Å². The van der Waals surface area contributed by atoms with E-state index in [0.29, 0.717) is 0 Å². The molecule has 0 aromatic heterocycles. The van der Waals surface area contributed by atoms with Crippen molar-refractivity contribution in [3.05, 3.63) is 145 Å². The van der Waals surface area contributed by atoms with Crippen molar-refractivity contribution in [2.24, 2.45) is 0 Å². The molecule has 1 aliphatic rings. The molecule has 0 amide bonds. The summed E-state index contributed by atoms with van der Waals surface area (Å²) in [5.74, 6) is 0. The standard InChI is InChI=1S/C50H40/c1-49(2,3)32-25-31-26-33(50(4,5)6)28-41-37-22-24-39-46-38(23-21-36(45(37)46)40(27-32)42(31)41)47-43(29-15-9-7-10-16-29)34-19-13-14-20-35(34)44(48(39)47)30-17-11-8-12-18-30/h7-28H,1-6H3. The SMILES string of the molecule is CC(C)(C)c1cc2cc(C(C)(C)C)cc3c4ccc5c6c(ccc(c(c1)c23)c64)-c1c-5c(-c2ccccc2)c2ccccc2c1-c1ccccc1. The molecule has 0 N–H and O–H groups in total. The molecule has 0 bridgehead atoms. The fraction of sp³-hybridized carbons (Fsp3) is 0.160. The highest BCUT2D eigenvalue weighted by molar-refractivity contribution is 6.39. The molecule has 0 aliphatic heterocycles. The molecule has 0 atom stereocenters. The van der Waals surface area contributed by atoms with Gasteiger partial charge in [-0.2, -0.15) is 0 Å². The van der Waals surface area contributed by atoms with Crippen LogP contribution in [0, 0.1) is 0 Å². The van der Waals surface area contributed by atoms with Gasteiger partial charge in [0.25, 0.3) is 0 Å². The Bertz CT molecular complexity index is 2650. The first-order valence-electron chi connectivity index (χ1n) is 18.0. The van der Waals surface area contributed by atoms with Crippen LogP contribution in [0.5, 0.6) is 0 Å². The van der Waals surface area contributed by atoms with Crippen LogP contribution in [0.3, 0.4) is 0 Å². The van der Waals surface area contributed by atoms with Crippen molar-refractivity contribution in [1.29, 1.82) is 0 Å². The Balaban J connectivity index is 1.45. The predicted molar refractivity (Wildman–Crippen MR) is 218 cm³/mol. The van der Waals surface area contributed by atoms with E-state index in [0.717, 1.165) is 0 Å². The van der Waals surface area contributed by atoms with E-state index in [2.05, 4.69) is 175 Å². The average molecular weight is 641 g/mol. The lowest BCUT2D eigenvalue weighted by molar-refractivity contribution is 0.590. The molecule has 10 rings (SSSR count). The normalized spacial score (nSPS) is 13.0. The molecule has 240 valence electrons. The van der Waals surface area contributed by atoms with Gasteiger partial charge >= 0.3 is 0 Å². The summed E-state index contributed by atoms with van der Waals surface area (Å²) < 4.78 is 0. The van der Waals surface area contributed by atoms with Gasteiger partial charge in [-0.3, -0.25) is 0 Å². The Labute approximate surface area is 294 Å². The maximum atomic E-state index is 2.50. The molecule has 0 spiro atoms. The summed E-state index contributed by atoms with van der Waals surface area (Å²) in [6, 6.07) is 50.8. The maximum Gasteiger partial charge on any atom is -0.000740 e. The highest BCUT2D eigenvalue weighted by atomic mass is 14.3. The second-order valence-electron chi connectivity index (χ2n) is 16.5. The summed E-state index contributed by atoms with van der Waals surface area (Å²) in [7, 11) is 0. The van der Waals surface area contributed by atoms with Gasteiger partial charge in [0.2, 0.25) is 0 Å².